The first-order chi connectivity index (χ1) is 16.0. The summed E-state index contributed by atoms with van der Waals surface area (Å²) in [6, 6.07) is 15.2. The Morgan fingerprint density at radius 1 is 1.12 bits per heavy atom. The van der Waals surface area contributed by atoms with Crippen LogP contribution >= 0.6 is 11.3 Å². The van der Waals surface area contributed by atoms with Crippen molar-refractivity contribution < 1.29 is 19.1 Å². The fourth-order valence-electron chi connectivity index (χ4n) is 3.50. The molecule has 1 aromatic heterocycles. The molecule has 0 saturated carbocycles. The maximum absolute atomic E-state index is 12.8. The molecular formula is C24H26N4O4S. The number of carbonyl (C=O) groups excluding carboxylic acids is 2. The van der Waals surface area contributed by atoms with Crippen molar-refractivity contribution in [3.63, 3.8) is 0 Å². The van der Waals surface area contributed by atoms with E-state index in [2.05, 4.69) is 15.2 Å². The first-order valence-corrected chi connectivity index (χ1v) is 11.5. The van der Waals surface area contributed by atoms with E-state index in [0.29, 0.717) is 11.4 Å². The molecule has 1 aliphatic rings. The van der Waals surface area contributed by atoms with Crippen LogP contribution in [0, 0.1) is 0 Å². The van der Waals surface area contributed by atoms with Gasteiger partial charge in [0.1, 0.15) is 16.5 Å². The molecule has 8 nitrogen and oxygen atoms in total. The lowest BCUT2D eigenvalue weighted by atomic mass is 10.2. The summed E-state index contributed by atoms with van der Waals surface area (Å²) in [7, 11) is 3.21. The molecule has 0 aliphatic carbocycles. The number of carbonyl (C=O) groups is 2. The zero-order chi connectivity index (χ0) is 23.2. The second-order valence-corrected chi connectivity index (χ2v) is 8.48. The van der Waals surface area contributed by atoms with Crippen LogP contribution in [0.1, 0.15) is 10.5 Å². The smallest absolute Gasteiger partial charge is 0.273 e. The molecule has 2 amide bonds. The van der Waals surface area contributed by atoms with Crippen LogP contribution in [0.3, 0.4) is 0 Å². The third-order valence-corrected chi connectivity index (χ3v) is 6.21. The molecule has 0 radical (unpaired) electrons. The number of amides is 2. The van der Waals surface area contributed by atoms with Gasteiger partial charge in [0.25, 0.3) is 5.91 Å². The number of rotatable bonds is 7. The number of nitrogens with zero attached hydrogens (tertiary/aromatic N) is 3. The van der Waals surface area contributed by atoms with Gasteiger partial charge in [-0.15, -0.1) is 11.3 Å². The van der Waals surface area contributed by atoms with E-state index in [1.165, 1.54) is 16.2 Å². The third kappa shape index (κ3) is 5.68. The molecule has 1 fully saturated rings. The van der Waals surface area contributed by atoms with Gasteiger partial charge in [0.2, 0.25) is 5.91 Å². The largest absolute Gasteiger partial charge is 0.497 e. The zero-order valence-electron chi connectivity index (χ0n) is 18.6. The Morgan fingerprint density at radius 2 is 1.82 bits per heavy atom. The van der Waals surface area contributed by atoms with Crippen LogP contribution in [0.5, 0.6) is 5.75 Å². The molecule has 1 N–H and O–H groups in total. The number of anilines is 2. The number of methoxy groups -OCH3 is 1. The Labute approximate surface area is 196 Å². The summed E-state index contributed by atoms with van der Waals surface area (Å²) in [5.41, 5.74) is 3.00. The maximum Gasteiger partial charge on any atom is 0.273 e. The van der Waals surface area contributed by atoms with Gasteiger partial charge < -0.3 is 24.6 Å². The third-order valence-electron chi connectivity index (χ3n) is 5.32. The van der Waals surface area contributed by atoms with Crippen LogP contribution in [0.2, 0.25) is 0 Å². The molecule has 3 aromatic rings. The Morgan fingerprint density at radius 3 is 2.48 bits per heavy atom. The van der Waals surface area contributed by atoms with Crippen molar-refractivity contribution in [3.05, 3.63) is 59.6 Å². The second-order valence-electron chi connectivity index (χ2n) is 7.62. The van der Waals surface area contributed by atoms with Gasteiger partial charge in [-0.25, -0.2) is 4.98 Å². The number of ether oxygens (including phenoxy) is 2. The van der Waals surface area contributed by atoms with Gasteiger partial charge in [-0.1, -0.05) is 0 Å². The van der Waals surface area contributed by atoms with Crippen molar-refractivity contribution in [2.24, 2.45) is 0 Å². The van der Waals surface area contributed by atoms with Crippen LogP contribution < -0.4 is 15.0 Å². The Kier molecular flexibility index (Phi) is 7.21. The minimum Gasteiger partial charge on any atom is -0.497 e. The van der Waals surface area contributed by atoms with Gasteiger partial charge in [0, 0.05) is 42.5 Å². The lowest BCUT2D eigenvalue weighted by Gasteiger charge is -2.28. The number of morpholine rings is 1. The second kappa shape index (κ2) is 10.5. The predicted molar refractivity (Wildman–Crippen MR) is 129 cm³/mol. The standard InChI is InChI=1S/C24H26N4O4S/c1-27(24(30)21-16-33-23(26-21)17-3-9-20(31-2)10-4-17)15-22(29)25-18-5-7-19(8-6-18)28-11-13-32-14-12-28/h3-10,16H,11-15H2,1-2H3,(H,25,29). The summed E-state index contributed by atoms with van der Waals surface area (Å²) in [6.45, 7) is 3.09. The van der Waals surface area contributed by atoms with Crippen LogP contribution in [-0.4, -0.2) is 68.7 Å². The summed E-state index contributed by atoms with van der Waals surface area (Å²) in [6.07, 6.45) is 0. The quantitative estimate of drug-likeness (QED) is 0.575. The van der Waals surface area contributed by atoms with E-state index in [1.54, 1.807) is 19.5 Å². The highest BCUT2D eigenvalue weighted by Gasteiger charge is 2.19. The Balaban J connectivity index is 1.32. The molecule has 9 heteroatoms. The van der Waals surface area contributed by atoms with E-state index in [0.717, 1.165) is 48.3 Å². The van der Waals surface area contributed by atoms with Crippen LogP contribution in [-0.2, 0) is 9.53 Å². The van der Waals surface area contributed by atoms with Gasteiger partial charge in [-0.3, -0.25) is 9.59 Å². The molecule has 2 aromatic carbocycles. The summed E-state index contributed by atoms with van der Waals surface area (Å²) < 4.78 is 10.5. The Hall–Kier alpha value is -3.43. The minimum absolute atomic E-state index is 0.0700. The lowest BCUT2D eigenvalue weighted by Crippen LogP contribution is -2.36. The SMILES string of the molecule is COc1ccc(-c2nc(C(=O)N(C)CC(=O)Nc3ccc(N4CCOCC4)cc3)cs2)cc1. The highest BCUT2D eigenvalue weighted by molar-refractivity contribution is 7.13. The Bertz CT molecular complexity index is 1090. The number of likely N-dealkylation sites (N-methyl/N-ethyl adjacent to an activating group) is 1. The first kappa shape index (κ1) is 22.8. The molecular weight excluding hydrogens is 440 g/mol. The highest BCUT2D eigenvalue weighted by atomic mass is 32.1. The van der Waals surface area contributed by atoms with Crippen LogP contribution in [0.4, 0.5) is 11.4 Å². The number of benzene rings is 2. The molecule has 0 atom stereocenters. The summed E-state index contributed by atoms with van der Waals surface area (Å²) in [4.78, 5) is 33.3. The lowest BCUT2D eigenvalue weighted by molar-refractivity contribution is -0.116. The average molecular weight is 467 g/mol. The van der Waals surface area contributed by atoms with Gasteiger partial charge in [0.05, 0.1) is 26.9 Å². The summed E-state index contributed by atoms with van der Waals surface area (Å²) in [5.74, 6) is 0.187. The monoisotopic (exact) mass is 466 g/mol. The topological polar surface area (TPSA) is 84.0 Å². The molecule has 0 spiro atoms. The van der Waals surface area contributed by atoms with Gasteiger partial charge >= 0.3 is 0 Å². The number of hydrogen-bond donors (Lipinski definition) is 1. The molecule has 1 saturated heterocycles. The van der Waals surface area contributed by atoms with E-state index >= 15 is 0 Å². The number of nitrogens with one attached hydrogen (secondary N) is 1. The zero-order valence-corrected chi connectivity index (χ0v) is 19.4. The fraction of sp³-hybridized carbons (Fsp3) is 0.292. The minimum atomic E-state index is -0.302. The van der Waals surface area contributed by atoms with Crippen molar-refractivity contribution in [1.82, 2.24) is 9.88 Å². The predicted octanol–water partition coefficient (Wildman–Crippen LogP) is 3.37. The first-order valence-electron chi connectivity index (χ1n) is 10.6. The van der Waals surface area contributed by atoms with Crippen LogP contribution in [0.15, 0.2) is 53.9 Å². The van der Waals surface area contributed by atoms with Gasteiger partial charge in [-0.2, -0.15) is 0 Å². The van der Waals surface area contributed by atoms with E-state index in [-0.39, 0.29) is 18.4 Å². The van der Waals surface area contributed by atoms with Crippen molar-refractivity contribution in [2.75, 3.05) is 57.2 Å². The highest BCUT2D eigenvalue weighted by Crippen LogP contribution is 2.26. The van der Waals surface area contributed by atoms with Crippen molar-refractivity contribution in [2.45, 2.75) is 0 Å². The van der Waals surface area contributed by atoms with Crippen molar-refractivity contribution in [3.8, 4) is 16.3 Å². The molecule has 172 valence electrons. The number of thiazole rings is 1. The van der Waals surface area contributed by atoms with Crippen molar-refractivity contribution in [1.29, 1.82) is 0 Å². The van der Waals surface area contributed by atoms with Gasteiger partial charge in [0.15, 0.2) is 0 Å². The normalized spacial score (nSPS) is 13.5. The van der Waals surface area contributed by atoms with E-state index < -0.39 is 0 Å². The fourth-order valence-corrected chi connectivity index (χ4v) is 4.30. The average Bonchev–Trinajstić information content (AvgIpc) is 3.35. The van der Waals surface area contributed by atoms with Gasteiger partial charge in [-0.05, 0) is 48.5 Å². The number of aromatic nitrogens is 1. The summed E-state index contributed by atoms with van der Waals surface area (Å²) >= 11 is 1.38. The van der Waals surface area contributed by atoms with E-state index in [1.807, 2.05) is 48.5 Å². The van der Waals surface area contributed by atoms with E-state index in [4.69, 9.17) is 9.47 Å². The van der Waals surface area contributed by atoms with Crippen molar-refractivity contribution >= 4 is 34.5 Å². The molecule has 1 aliphatic heterocycles. The number of hydrogen-bond acceptors (Lipinski definition) is 7. The maximum atomic E-state index is 12.8. The molecule has 0 unspecified atom stereocenters. The van der Waals surface area contributed by atoms with Crippen LogP contribution in [0.25, 0.3) is 10.6 Å². The molecule has 33 heavy (non-hydrogen) atoms. The molecule has 4 rings (SSSR count). The van der Waals surface area contributed by atoms with E-state index in [9.17, 15) is 9.59 Å². The summed E-state index contributed by atoms with van der Waals surface area (Å²) in [5, 5.41) is 5.29. The molecule has 0 bridgehead atoms. The molecule has 2 heterocycles.